The minimum Gasteiger partial charge on any atom is -0.386 e. The number of benzene rings is 1. The Kier molecular flexibility index (Phi) is 3.08. The van der Waals surface area contributed by atoms with E-state index in [4.69, 9.17) is 4.74 Å². The Labute approximate surface area is 111 Å². The van der Waals surface area contributed by atoms with Crippen LogP contribution >= 0.6 is 0 Å². The third-order valence-corrected chi connectivity index (χ3v) is 3.54. The molecule has 1 unspecified atom stereocenters. The van der Waals surface area contributed by atoms with E-state index in [1.807, 2.05) is 31.2 Å². The van der Waals surface area contributed by atoms with Gasteiger partial charge in [0.05, 0.1) is 12.3 Å². The van der Waals surface area contributed by atoms with Gasteiger partial charge in [0.2, 0.25) is 0 Å². The van der Waals surface area contributed by atoms with Crippen molar-refractivity contribution in [2.75, 3.05) is 25.1 Å². The normalized spacial score (nSPS) is 22.8. The molecule has 100 valence electrons. The molecule has 1 fully saturated rings. The number of nitrogens with zero attached hydrogens (tertiary/aromatic N) is 2. The zero-order chi connectivity index (χ0) is 13.3. The van der Waals surface area contributed by atoms with E-state index in [2.05, 4.69) is 15.5 Å². The molecule has 0 radical (unpaired) electrons. The van der Waals surface area contributed by atoms with E-state index in [1.54, 1.807) is 0 Å². The fourth-order valence-corrected chi connectivity index (χ4v) is 2.35. The standard InChI is InChI=1S/C14H17N3O2/c1-10-11-4-2-3-5-12(11)13(17-16-10)15-8-14(18)6-7-19-9-14/h2-5,18H,6-9H2,1H3,(H,15,17). The van der Waals surface area contributed by atoms with Crippen molar-refractivity contribution in [2.24, 2.45) is 0 Å². The highest BCUT2D eigenvalue weighted by atomic mass is 16.5. The second kappa shape index (κ2) is 4.75. The summed E-state index contributed by atoms with van der Waals surface area (Å²) in [5.74, 6) is 0.710. The van der Waals surface area contributed by atoms with Crippen molar-refractivity contribution in [3.8, 4) is 0 Å². The highest BCUT2D eigenvalue weighted by Crippen LogP contribution is 2.24. The van der Waals surface area contributed by atoms with Gasteiger partial charge in [-0.2, -0.15) is 5.10 Å². The van der Waals surface area contributed by atoms with Crippen LogP contribution in [0.4, 0.5) is 5.82 Å². The van der Waals surface area contributed by atoms with E-state index < -0.39 is 5.60 Å². The molecule has 1 aliphatic heterocycles. The average Bonchev–Trinajstić information content (AvgIpc) is 2.86. The number of ether oxygens (including phenoxy) is 1. The summed E-state index contributed by atoms with van der Waals surface area (Å²) in [7, 11) is 0. The van der Waals surface area contributed by atoms with Crippen LogP contribution in [0.5, 0.6) is 0 Å². The van der Waals surface area contributed by atoms with Gasteiger partial charge in [0.1, 0.15) is 5.60 Å². The third kappa shape index (κ3) is 2.39. The molecule has 5 heteroatoms. The van der Waals surface area contributed by atoms with Crippen molar-refractivity contribution in [1.82, 2.24) is 10.2 Å². The molecule has 19 heavy (non-hydrogen) atoms. The summed E-state index contributed by atoms with van der Waals surface area (Å²) in [6.45, 7) is 3.35. The number of nitrogens with one attached hydrogen (secondary N) is 1. The summed E-state index contributed by atoms with van der Waals surface area (Å²) in [6.07, 6.45) is 0.650. The smallest absolute Gasteiger partial charge is 0.156 e. The number of aryl methyl sites for hydroxylation is 1. The monoisotopic (exact) mass is 259 g/mol. The summed E-state index contributed by atoms with van der Waals surface area (Å²) in [6, 6.07) is 7.99. The van der Waals surface area contributed by atoms with Crippen molar-refractivity contribution in [3.63, 3.8) is 0 Å². The maximum atomic E-state index is 10.2. The van der Waals surface area contributed by atoms with E-state index in [-0.39, 0.29) is 0 Å². The number of hydrogen-bond donors (Lipinski definition) is 2. The largest absolute Gasteiger partial charge is 0.386 e. The van der Waals surface area contributed by atoms with Crippen LogP contribution in [0.3, 0.4) is 0 Å². The molecule has 0 amide bonds. The van der Waals surface area contributed by atoms with Gasteiger partial charge in [-0.05, 0) is 6.92 Å². The van der Waals surface area contributed by atoms with Gasteiger partial charge in [0.25, 0.3) is 0 Å². The molecule has 5 nitrogen and oxygen atoms in total. The molecule has 2 aromatic rings. The predicted octanol–water partition coefficient (Wildman–Crippen LogP) is 1.50. The van der Waals surface area contributed by atoms with Gasteiger partial charge >= 0.3 is 0 Å². The molecule has 0 aliphatic carbocycles. The average molecular weight is 259 g/mol. The second-order valence-corrected chi connectivity index (χ2v) is 5.06. The van der Waals surface area contributed by atoms with Crippen LogP contribution in [0.1, 0.15) is 12.1 Å². The number of fused-ring (bicyclic) bond motifs is 1. The molecule has 1 aromatic carbocycles. The number of anilines is 1. The van der Waals surface area contributed by atoms with Crippen LogP contribution in [-0.2, 0) is 4.74 Å². The zero-order valence-electron chi connectivity index (χ0n) is 10.9. The Morgan fingerprint density at radius 2 is 2.11 bits per heavy atom. The highest BCUT2D eigenvalue weighted by Gasteiger charge is 2.32. The predicted molar refractivity (Wildman–Crippen MR) is 73.2 cm³/mol. The molecule has 3 rings (SSSR count). The van der Waals surface area contributed by atoms with Gasteiger partial charge in [-0.1, -0.05) is 24.3 Å². The quantitative estimate of drug-likeness (QED) is 0.874. The molecule has 2 heterocycles. The van der Waals surface area contributed by atoms with Crippen molar-refractivity contribution < 1.29 is 9.84 Å². The Morgan fingerprint density at radius 3 is 2.84 bits per heavy atom. The lowest BCUT2D eigenvalue weighted by molar-refractivity contribution is 0.0381. The lowest BCUT2D eigenvalue weighted by atomic mass is 10.0. The summed E-state index contributed by atoms with van der Waals surface area (Å²) in [5, 5.41) is 23.9. The number of aliphatic hydroxyl groups is 1. The van der Waals surface area contributed by atoms with Crippen molar-refractivity contribution in [2.45, 2.75) is 18.9 Å². The highest BCUT2D eigenvalue weighted by molar-refractivity contribution is 5.92. The molecule has 1 saturated heterocycles. The number of aromatic nitrogens is 2. The molecule has 0 spiro atoms. The van der Waals surface area contributed by atoms with Crippen molar-refractivity contribution in [1.29, 1.82) is 0 Å². The first-order valence-electron chi connectivity index (χ1n) is 6.44. The molecule has 0 saturated carbocycles. The van der Waals surface area contributed by atoms with E-state index in [1.165, 1.54) is 0 Å². The second-order valence-electron chi connectivity index (χ2n) is 5.06. The number of rotatable bonds is 3. The first kappa shape index (κ1) is 12.3. The van der Waals surface area contributed by atoms with Crippen molar-refractivity contribution >= 4 is 16.6 Å². The molecular weight excluding hydrogens is 242 g/mol. The Balaban J connectivity index is 1.87. The topological polar surface area (TPSA) is 67.3 Å². The van der Waals surface area contributed by atoms with Crippen LogP contribution in [0, 0.1) is 6.92 Å². The summed E-state index contributed by atoms with van der Waals surface area (Å²) in [4.78, 5) is 0. The van der Waals surface area contributed by atoms with Crippen LogP contribution in [0.15, 0.2) is 24.3 Å². The molecule has 1 aromatic heterocycles. The minimum atomic E-state index is -0.798. The fraction of sp³-hybridized carbons (Fsp3) is 0.429. The Morgan fingerprint density at radius 1 is 1.32 bits per heavy atom. The fourth-order valence-electron chi connectivity index (χ4n) is 2.35. The summed E-state index contributed by atoms with van der Waals surface area (Å²) < 4.78 is 5.23. The molecule has 0 bridgehead atoms. The van der Waals surface area contributed by atoms with Gasteiger partial charge in [-0.15, -0.1) is 5.10 Å². The Bertz CT molecular complexity index is 594. The van der Waals surface area contributed by atoms with E-state index >= 15 is 0 Å². The summed E-state index contributed by atoms with van der Waals surface area (Å²) in [5.41, 5.74) is 0.109. The van der Waals surface area contributed by atoms with E-state index in [9.17, 15) is 5.11 Å². The van der Waals surface area contributed by atoms with Crippen LogP contribution < -0.4 is 5.32 Å². The first-order valence-corrected chi connectivity index (χ1v) is 6.44. The maximum absolute atomic E-state index is 10.2. The molecule has 1 aliphatic rings. The zero-order valence-corrected chi connectivity index (χ0v) is 10.9. The molecule has 2 N–H and O–H groups in total. The van der Waals surface area contributed by atoms with E-state index in [0.717, 1.165) is 16.5 Å². The van der Waals surface area contributed by atoms with E-state index in [0.29, 0.717) is 32.0 Å². The van der Waals surface area contributed by atoms with Crippen LogP contribution in [0.25, 0.3) is 10.8 Å². The summed E-state index contributed by atoms with van der Waals surface area (Å²) >= 11 is 0. The Hall–Kier alpha value is -1.72. The maximum Gasteiger partial charge on any atom is 0.156 e. The van der Waals surface area contributed by atoms with Gasteiger partial charge in [0, 0.05) is 30.3 Å². The lowest BCUT2D eigenvalue weighted by Crippen LogP contribution is -2.37. The SMILES string of the molecule is Cc1nnc(NCC2(O)CCOC2)c2ccccc12. The first-order chi connectivity index (χ1) is 9.18. The van der Waals surface area contributed by atoms with Gasteiger partial charge in [-0.3, -0.25) is 0 Å². The third-order valence-electron chi connectivity index (χ3n) is 3.54. The van der Waals surface area contributed by atoms with Crippen LogP contribution in [0.2, 0.25) is 0 Å². The van der Waals surface area contributed by atoms with Gasteiger partial charge in [0.15, 0.2) is 5.82 Å². The minimum absolute atomic E-state index is 0.372. The van der Waals surface area contributed by atoms with Gasteiger partial charge in [-0.25, -0.2) is 0 Å². The number of hydrogen-bond acceptors (Lipinski definition) is 5. The molecular formula is C14H17N3O2. The molecule has 1 atom stereocenters. The van der Waals surface area contributed by atoms with Crippen LogP contribution in [-0.4, -0.2) is 40.7 Å². The van der Waals surface area contributed by atoms with Gasteiger partial charge < -0.3 is 15.2 Å². The van der Waals surface area contributed by atoms with Crippen molar-refractivity contribution in [3.05, 3.63) is 30.0 Å². The lowest BCUT2D eigenvalue weighted by Gasteiger charge is -2.21.